The Morgan fingerprint density at radius 2 is 1.39 bits per heavy atom. The highest BCUT2D eigenvalue weighted by Crippen LogP contribution is 2.11. The lowest BCUT2D eigenvalue weighted by atomic mass is 10.2. The fourth-order valence-corrected chi connectivity index (χ4v) is 1.98. The zero-order chi connectivity index (χ0) is 16.8. The number of hydrogen-bond donors (Lipinski definition) is 2. The largest absolute Gasteiger partial charge is 0.350 e. The van der Waals surface area contributed by atoms with E-state index in [1.807, 2.05) is 0 Å². The fourth-order valence-electron chi connectivity index (χ4n) is 1.86. The molecule has 0 spiro atoms. The van der Waals surface area contributed by atoms with Gasteiger partial charge in [-0.3, -0.25) is 9.59 Å². The minimum atomic E-state index is -0.937. The van der Waals surface area contributed by atoms with Crippen LogP contribution in [0.25, 0.3) is 0 Å². The Morgan fingerprint density at radius 1 is 0.870 bits per heavy atom. The number of carbonyl (C=O) groups excluding carboxylic acids is 2. The van der Waals surface area contributed by atoms with Gasteiger partial charge < -0.3 is 10.6 Å². The number of hydrogen-bond acceptors (Lipinski definition) is 2. The number of benzene rings is 2. The second-order valence-corrected chi connectivity index (χ2v) is 5.05. The average Bonchev–Trinajstić information content (AvgIpc) is 2.52. The first-order valence-corrected chi connectivity index (χ1v) is 7.13. The summed E-state index contributed by atoms with van der Waals surface area (Å²) in [6.45, 7) is 0.148. The van der Waals surface area contributed by atoms with E-state index in [0.717, 1.165) is 12.1 Å². The molecule has 0 aliphatic rings. The van der Waals surface area contributed by atoms with Crippen molar-refractivity contribution in [3.63, 3.8) is 0 Å². The Hall–Kier alpha value is -2.47. The van der Waals surface area contributed by atoms with Crippen LogP contribution in [0.3, 0.4) is 0 Å². The number of rotatable bonds is 5. The number of carbonyl (C=O) groups is 2. The van der Waals surface area contributed by atoms with Gasteiger partial charge in [-0.1, -0.05) is 17.7 Å². The Balaban J connectivity index is 1.82. The molecule has 2 aromatic carbocycles. The molecule has 0 saturated heterocycles. The smallest absolute Gasteiger partial charge is 0.257 e. The predicted octanol–water partition coefficient (Wildman–Crippen LogP) is 2.78. The highest BCUT2D eigenvalue weighted by molar-refractivity contribution is 6.30. The summed E-state index contributed by atoms with van der Waals surface area (Å²) in [6.07, 6.45) is 0. The van der Waals surface area contributed by atoms with Crippen molar-refractivity contribution in [2.45, 2.75) is 0 Å². The Labute approximate surface area is 136 Å². The third kappa shape index (κ3) is 4.50. The van der Waals surface area contributed by atoms with Crippen molar-refractivity contribution in [2.75, 3.05) is 13.1 Å². The van der Waals surface area contributed by atoms with Crippen molar-refractivity contribution in [2.24, 2.45) is 0 Å². The molecule has 0 aliphatic heterocycles. The molecule has 0 saturated carbocycles. The van der Waals surface area contributed by atoms with Gasteiger partial charge in [0.2, 0.25) is 0 Å². The minimum Gasteiger partial charge on any atom is -0.350 e. The molecule has 2 rings (SSSR count). The first-order valence-electron chi connectivity index (χ1n) is 6.75. The summed E-state index contributed by atoms with van der Waals surface area (Å²) >= 11 is 5.72. The molecule has 120 valence electrons. The van der Waals surface area contributed by atoms with Gasteiger partial charge in [-0.25, -0.2) is 8.78 Å². The lowest BCUT2D eigenvalue weighted by Crippen LogP contribution is -2.35. The van der Waals surface area contributed by atoms with Gasteiger partial charge >= 0.3 is 0 Å². The third-order valence-corrected chi connectivity index (χ3v) is 3.24. The summed E-state index contributed by atoms with van der Waals surface area (Å²) in [5, 5.41) is 5.43. The van der Waals surface area contributed by atoms with Crippen molar-refractivity contribution in [1.29, 1.82) is 0 Å². The first-order chi connectivity index (χ1) is 11.0. The SMILES string of the molecule is O=C(NCCNC(=O)c1c(F)cccc1F)c1ccc(Cl)cc1. The lowest BCUT2D eigenvalue weighted by Gasteiger charge is -2.08. The van der Waals surface area contributed by atoms with E-state index in [4.69, 9.17) is 11.6 Å². The maximum atomic E-state index is 13.4. The van der Waals surface area contributed by atoms with E-state index in [9.17, 15) is 18.4 Å². The van der Waals surface area contributed by atoms with Gasteiger partial charge in [-0.15, -0.1) is 0 Å². The zero-order valence-electron chi connectivity index (χ0n) is 11.9. The van der Waals surface area contributed by atoms with Crippen molar-refractivity contribution in [3.8, 4) is 0 Å². The van der Waals surface area contributed by atoms with E-state index < -0.39 is 23.1 Å². The van der Waals surface area contributed by atoms with Crippen LogP contribution in [-0.2, 0) is 0 Å². The highest BCUT2D eigenvalue weighted by atomic mass is 35.5. The summed E-state index contributed by atoms with van der Waals surface area (Å²) in [6, 6.07) is 9.46. The maximum Gasteiger partial charge on any atom is 0.257 e. The van der Waals surface area contributed by atoms with Crippen LogP contribution in [0.1, 0.15) is 20.7 Å². The van der Waals surface area contributed by atoms with Crippen LogP contribution in [0.5, 0.6) is 0 Å². The van der Waals surface area contributed by atoms with Crippen molar-refractivity contribution in [3.05, 3.63) is 70.2 Å². The highest BCUT2D eigenvalue weighted by Gasteiger charge is 2.16. The summed E-state index contributed by atoms with van der Waals surface area (Å²) < 4.78 is 26.8. The molecule has 0 radical (unpaired) electrons. The molecule has 23 heavy (non-hydrogen) atoms. The average molecular weight is 339 g/mol. The Kier molecular flexibility index (Phi) is 5.65. The van der Waals surface area contributed by atoms with Gasteiger partial charge in [-0.2, -0.15) is 0 Å². The van der Waals surface area contributed by atoms with Gasteiger partial charge in [0.1, 0.15) is 17.2 Å². The fraction of sp³-hybridized carbons (Fsp3) is 0.125. The molecule has 7 heteroatoms. The molecular formula is C16H13ClF2N2O2. The molecule has 0 aliphatic carbocycles. The molecule has 0 fully saturated rings. The van der Waals surface area contributed by atoms with E-state index in [1.54, 1.807) is 24.3 Å². The normalized spacial score (nSPS) is 10.2. The van der Waals surface area contributed by atoms with E-state index in [-0.39, 0.29) is 19.0 Å². The molecule has 0 heterocycles. The van der Waals surface area contributed by atoms with Crippen LogP contribution in [0.4, 0.5) is 8.78 Å². The van der Waals surface area contributed by atoms with Crippen LogP contribution < -0.4 is 10.6 Å². The topological polar surface area (TPSA) is 58.2 Å². The van der Waals surface area contributed by atoms with Crippen LogP contribution >= 0.6 is 11.6 Å². The zero-order valence-corrected chi connectivity index (χ0v) is 12.7. The van der Waals surface area contributed by atoms with Crippen LogP contribution in [0, 0.1) is 11.6 Å². The van der Waals surface area contributed by atoms with E-state index >= 15 is 0 Å². The third-order valence-electron chi connectivity index (χ3n) is 2.99. The molecule has 4 nitrogen and oxygen atoms in total. The standard InChI is InChI=1S/C16H13ClF2N2O2/c17-11-6-4-10(5-7-11)15(22)20-8-9-21-16(23)14-12(18)2-1-3-13(14)19/h1-7H,8-9H2,(H,20,22)(H,21,23). The van der Waals surface area contributed by atoms with Crippen molar-refractivity contribution in [1.82, 2.24) is 10.6 Å². The number of nitrogens with one attached hydrogen (secondary N) is 2. The minimum absolute atomic E-state index is 0.0337. The molecular weight excluding hydrogens is 326 g/mol. The van der Waals surface area contributed by atoms with Crippen LogP contribution in [0.15, 0.2) is 42.5 Å². The number of halogens is 3. The molecule has 0 bridgehead atoms. The van der Waals surface area contributed by atoms with Gasteiger partial charge in [0, 0.05) is 23.7 Å². The monoisotopic (exact) mass is 338 g/mol. The Morgan fingerprint density at radius 3 is 1.96 bits per heavy atom. The van der Waals surface area contributed by atoms with Crippen molar-refractivity contribution < 1.29 is 18.4 Å². The van der Waals surface area contributed by atoms with Gasteiger partial charge in [0.05, 0.1) is 0 Å². The maximum absolute atomic E-state index is 13.4. The van der Waals surface area contributed by atoms with Crippen LogP contribution in [-0.4, -0.2) is 24.9 Å². The van der Waals surface area contributed by atoms with E-state index in [1.165, 1.54) is 6.07 Å². The summed E-state index contributed by atoms with van der Waals surface area (Å²) in [7, 11) is 0. The molecule has 2 amide bonds. The van der Waals surface area contributed by atoms with Crippen LogP contribution in [0.2, 0.25) is 5.02 Å². The molecule has 2 N–H and O–H groups in total. The van der Waals surface area contributed by atoms with Crippen molar-refractivity contribution >= 4 is 23.4 Å². The second kappa shape index (κ2) is 7.69. The van der Waals surface area contributed by atoms with E-state index in [0.29, 0.717) is 10.6 Å². The predicted molar refractivity (Wildman–Crippen MR) is 82.5 cm³/mol. The molecule has 0 atom stereocenters. The Bertz CT molecular complexity index is 700. The summed E-state index contributed by atoms with van der Waals surface area (Å²) in [5.41, 5.74) is -0.225. The molecule has 2 aromatic rings. The lowest BCUT2D eigenvalue weighted by molar-refractivity contribution is 0.0922. The van der Waals surface area contributed by atoms with Gasteiger partial charge in [-0.05, 0) is 36.4 Å². The van der Waals surface area contributed by atoms with Gasteiger partial charge in [0.15, 0.2) is 0 Å². The van der Waals surface area contributed by atoms with E-state index in [2.05, 4.69) is 10.6 Å². The quantitative estimate of drug-likeness (QED) is 0.824. The summed E-state index contributed by atoms with van der Waals surface area (Å²) in [5.74, 6) is -3.09. The summed E-state index contributed by atoms with van der Waals surface area (Å²) in [4.78, 5) is 23.5. The molecule has 0 aromatic heterocycles. The van der Waals surface area contributed by atoms with Gasteiger partial charge in [0.25, 0.3) is 11.8 Å². The first kappa shape index (κ1) is 16.9. The number of amides is 2. The second-order valence-electron chi connectivity index (χ2n) is 4.62. The molecule has 0 unspecified atom stereocenters.